The zero-order chi connectivity index (χ0) is 23.3. The molecule has 1 unspecified atom stereocenters. The van der Waals surface area contributed by atoms with Gasteiger partial charge in [0.2, 0.25) is 0 Å². The first kappa shape index (κ1) is 22.0. The maximum Gasteiger partial charge on any atom is 0.159 e. The second-order valence-electron chi connectivity index (χ2n) is 8.24. The van der Waals surface area contributed by atoms with Crippen molar-refractivity contribution in [3.63, 3.8) is 0 Å². The normalized spacial score (nSPS) is 16.6. The number of thiophene rings is 1. The van der Waals surface area contributed by atoms with Gasteiger partial charge in [-0.15, -0.1) is 20.6 Å². The van der Waals surface area contributed by atoms with E-state index in [1.807, 2.05) is 13.1 Å². The molecule has 9 heteroatoms. The first-order valence-corrected chi connectivity index (χ1v) is 12.1. The highest BCUT2D eigenvalue weighted by atomic mass is 32.1. The predicted octanol–water partition coefficient (Wildman–Crippen LogP) is 2.75. The van der Waals surface area contributed by atoms with Crippen molar-refractivity contribution in [2.45, 2.75) is 33.0 Å². The Morgan fingerprint density at radius 1 is 1.39 bits per heavy atom. The van der Waals surface area contributed by atoms with Gasteiger partial charge in [0.05, 0.1) is 35.4 Å². The van der Waals surface area contributed by atoms with Crippen molar-refractivity contribution < 1.29 is 9.13 Å². The lowest BCUT2D eigenvalue weighted by molar-refractivity contribution is 0.134. The molecule has 0 saturated carbocycles. The summed E-state index contributed by atoms with van der Waals surface area (Å²) in [5.41, 5.74) is 9.58. The summed E-state index contributed by atoms with van der Waals surface area (Å²) >= 11 is 1.07. The highest BCUT2D eigenvalue weighted by Gasteiger charge is 2.26. The molecule has 6 nitrogen and oxygen atoms in total. The lowest BCUT2D eigenvalue weighted by Gasteiger charge is -2.16. The van der Waals surface area contributed by atoms with Crippen LogP contribution in [0.2, 0.25) is 0 Å². The van der Waals surface area contributed by atoms with E-state index in [-0.39, 0.29) is 10.6 Å². The van der Waals surface area contributed by atoms with Gasteiger partial charge in [0.15, 0.2) is 5.82 Å². The standard InChI is InChI=1S/C24H23FN5OPS/c1-12-15(8-28-13(2)30-5-3-4-6-30)16-10-31-11-17(16)19(22(12)32)21-20-14(7-26)24(27)33-23(20)18(25)9-29-21/h8-9H,1,3-6,10-11,27,32H2,2H3/b15-8+,28-13?. The number of anilines is 1. The minimum absolute atomic E-state index is 0.251. The van der Waals surface area contributed by atoms with E-state index in [0.717, 1.165) is 62.7 Å². The summed E-state index contributed by atoms with van der Waals surface area (Å²) in [5, 5.41) is 13.0. The number of aromatic nitrogens is 1. The number of likely N-dealkylation sites (tertiary alicyclic amines) is 1. The number of ether oxygens (including phenoxy) is 1. The van der Waals surface area contributed by atoms with Gasteiger partial charge in [0.1, 0.15) is 16.9 Å². The van der Waals surface area contributed by atoms with Gasteiger partial charge in [-0.05, 0) is 41.4 Å². The van der Waals surface area contributed by atoms with E-state index < -0.39 is 5.82 Å². The van der Waals surface area contributed by atoms with E-state index in [1.165, 1.54) is 19.0 Å². The lowest BCUT2D eigenvalue weighted by atomic mass is 9.95. The molecule has 3 aromatic rings. The van der Waals surface area contributed by atoms with E-state index in [1.54, 1.807) is 0 Å². The van der Waals surface area contributed by atoms with Crippen molar-refractivity contribution in [3.05, 3.63) is 39.1 Å². The Morgan fingerprint density at radius 2 is 2.12 bits per heavy atom. The van der Waals surface area contributed by atoms with Crippen molar-refractivity contribution in [2.75, 3.05) is 18.8 Å². The SMILES string of the molecule is C=c1c(P)c(-c2ncc(F)c3sc(N)c(C#N)c23)c2c(/c1=C/N=C(C)N1CCCC1)COC2. The fourth-order valence-corrected chi connectivity index (χ4v) is 6.02. The Labute approximate surface area is 197 Å². The average Bonchev–Trinajstić information content (AvgIpc) is 3.55. The number of amidine groups is 1. The monoisotopic (exact) mass is 479 g/mol. The van der Waals surface area contributed by atoms with Crippen LogP contribution in [0.4, 0.5) is 9.39 Å². The predicted molar refractivity (Wildman–Crippen MR) is 135 cm³/mol. The number of hydrogen-bond donors (Lipinski definition) is 1. The number of aliphatic imine (C=N–C) groups is 1. The molecule has 0 amide bonds. The molecule has 1 atom stereocenters. The average molecular weight is 480 g/mol. The molecule has 0 aliphatic carbocycles. The van der Waals surface area contributed by atoms with Gasteiger partial charge in [0.25, 0.3) is 0 Å². The molecule has 2 aromatic heterocycles. The van der Waals surface area contributed by atoms with Crippen LogP contribution in [0.1, 0.15) is 36.5 Å². The van der Waals surface area contributed by atoms with Crippen LogP contribution in [0.25, 0.3) is 34.1 Å². The summed E-state index contributed by atoms with van der Waals surface area (Å²) < 4.78 is 20.7. The molecule has 1 aromatic carbocycles. The van der Waals surface area contributed by atoms with Gasteiger partial charge in [-0.25, -0.2) is 9.38 Å². The molecule has 5 rings (SSSR count). The van der Waals surface area contributed by atoms with E-state index in [9.17, 15) is 9.65 Å². The summed E-state index contributed by atoms with van der Waals surface area (Å²) in [6, 6.07) is 2.12. The summed E-state index contributed by atoms with van der Waals surface area (Å²) in [4.78, 5) is 11.4. The molecule has 0 bridgehead atoms. The third-order valence-electron chi connectivity index (χ3n) is 6.39. The molecule has 4 heterocycles. The molecule has 1 saturated heterocycles. The largest absolute Gasteiger partial charge is 0.389 e. The number of rotatable bonds is 2. The Bertz CT molecular complexity index is 1480. The summed E-state index contributed by atoms with van der Waals surface area (Å²) in [6.45, 7) is 9.25. The second kappa shape index (κ2) is 8.49. The van der Waals surface area contributed by atoms with E-state index in [4.69, 9.17) is 15.5 Å². The van der Waals surface area contributed by atoms with Gasteiger partial charge >= 0.3 is 0 Å². The zero-order valence-electron chi connectivity index (χ0n) is 18.2. The Balaban J connectivity index is 1.77. The van der Waals surface area contributed by atoms with Crippen molar-refractivity contribution >= 4 is 59.6 Å². The molecule has 2 N–H and O–H groups in total. The van der Waals surface area contributed by atoms with Crippen LogP contribution in [0.15, 0.2) is 11.2 Å². The van der Waals surface area contributed by atoms with E-state index in [2.05, 4.69) is 31.8 Å². The maximum absolute atomic E-state index is 14.6. The number of nitrogens with zero attached hydrogens (tertiary/aromatic N) is 4. The fourth-order valence-electron chi connectivity index (χ4n) is 4.63. The van der Waals surface area contributed by atoms with Crippen molar-refractivity contribution in [1.29, 1.82) is 5.26 Å². The van der Waals surface area contributed by atoms with Crippen LogP contribution < -0.4 is 21.5 Å². The summed E-state index contributed by atoms with van der Waals surface area (Å²) in [7, 11) is 2.75. The van der Waals surface area contributed by atoms with Gasteiger partial charge < -0.3 is 15.4 Å². The highest BCUT2D eigenvalue weighted by molar-refractivity contribution is 7.28. The molecule has 33 heavy (non-hydrogen) atoms. The Hall–Kier alpha value is -2.85. The molecule has 1 fully saturated rings. The van der Waals surface area contributed by atoms with Crippen LogP contribution in [-0.2, 0) is 18.0 Å². The molecule has 168 valence electrons. The summed E-state index contributed by atoms with van der Waals surface area (Å²) in [5.74, 6) is 0.500. The minimum atomic E-state index is -0.489. The first-order valence-electron chi connectivity index (χ1n) is 10.7. The number of nitriles is 1. The van der Waals surface area contributed by atoms with Crippen molar-refractivity contribution in [2.24, 2.45) is 4.99 Å². The zero-order valence-corrected chi connectivity index (χ0v) is 20.2. The number of hydrogen-bond acceptors (Lipinski definition) is 6. The Morgan fingerprint density at radius 3 is 2.85 bits per heavy atom. The molecular formula is C24H23FN5OPS. The molecular weight excluding hydrogens is 456 g/mol. The number of pyridine rings is 1. The van der Waals surface area contributed by atoms with Crippen molar-refractivity contribution in [3.8, 4) is 17.3 Å². The van der Waals surface area contributed by atoms with E-state index in [0.29, 0.717) is 29.0 Å². The lowest BCUT2D eigenvalue weighted by Crippen LogP contribution is -2.38. The highest BCUT2D eigenvalue weighted by Crippen LogP contribution is 2.41. The number of nitrogen functional groups attached to an aromatic ring is 1. The molecule has 2 aliphatic heterocycles. The third-order valence-corrected chi connectivity index (χ3v) is 8.06. The van der Waals surface area contributed by atoms with Crippen LogP contribution in [0.5, 0.6) is 0 Å². The fraction of sp³-hybridized carbons (Fsp3) is 0.292. The third kappa shape index (κ3) is 3.52. The molecule has 2 aliphatic rings. The topological polar surface area (TPSA) is 87.5 Å². The number of nitrogens with two attached hydrogens (primary N) is 1. The van der Waals surface area contributed by atoms with Gasteiger partial charge in [-0.1, -0.05) is 6.58 Å². The minimum Gasteiger partial charge on any atom is -0.389 e. The number of halogens is 1. The van der Waals surface area contributed by atoms with Gasteiger partial charge in [-0.2, -0.15) is 5.26 Å². The van der Waals surface area contributed by atoms with Crippen LogP contribution in [-0.4, -0.2) is 28.8 Å². The Kier molecular flexibility index (Phi) is 5.65. The van der Waals surface area contributed by atoms with Crippen LogP contribution in [0, 0.1) is 17.1 Å². The van der Waals surface area contributed by atoms with Gasteiger partial charge in [0, 0.05) is 35.5 Å². The maximum atomic E-state index is 14.6. The molecule has 0 radical (unpaired) electrons. The summed E-state index contributed by atoms with van der Waals surface area (Å²) in [6.07, 6.45) is 5.45. The molecule has 0 spiro atoms. The van der Waals surface area contributed by atoms with Crippen LogP contribution >= 0.6 is 20.6 Å². The van der Waals surface area contributed by atoms with Gasteiger partial charge in [-0.3, -0.25) is 4.98 Å². The van der Waals surface area contributed by atoms with Crippen molar-refractivity contribution in [1.82, 2.24) is 9.88 Å². The van der Waals surface area contributed by atoms with E-state index >= 15 is 0 Å². The number of fused-ring (bicyclic) bond motifs is 2. The van der Waals surface area contributed by atoms with Crippen LogP contribution in [0.3, 0.4) is 0 Å². The second-order valence-corrected chi connectivity index (χ2v) is 9.87. The smallest absolute Gasteiger partial charge is 0.159 e. The number of benzene rings is 1. The quantitative estimate of drug-likeness (QED) is 0.347. The first-order chi connectivity index (χ1) is 15.9.